The second-order valence-electron chi connectivity index (χ2n) is 19.8. The van der Waals surface area contributed by atoms with Gasteiger partial charge in [-0.25, -0.2) is 9.59 Å². The molecule has 0 aliphatic carbocycles. The van der Waals surface area contributed by atoms with Crippen LogP contribution in [-0.2, 0) is 39.9 Å². The summed E-state index contributed by atoms with van der Waals surface area (Å²) in [6.07, 6.45) is 3.41. The number of anilines is 2. The minimum Gasteiger partial charge on any atom is -0.409 e. The van der Waals surface area contributed by atoms with Gasteiger partial charge in [0.2, 0.25) is 23.6 Å². The summed E-state index contributed by atoms with van der Waals surface area (Å²) in [7, 11) is 3.74. The van der Waals surface area contributed by atoms with E-state index in [9.17, 15) is 43.2 Å². The van der Waals surface area contributed by atoms with Crippen LogP contribution in [-0.4, -0.2) is 177 Å². The van der Waals surface area contributed by atoms with Crippen molar-refractivity contribution in [3.8, 4) is 5.75 Å². The first kappa shape index (κ1) is 58.3. The molecule has 1 aromatic heterocycles. The fourth-order valence-electron chi connectivity index (χ4n) is 10.0. The van der Waals surface area contributed by atoms with Crippen LogP contribution in [0.3, 0.4) is 0 Å². The highest BCUT2D eigenvalue weighted by atomic mass is 79.9. The third kappa shape index (κ3) is 14.0. The van der Waals surface area contributed by atoms with E-state index in [0.717, 1.165) is 56.5 Å². The number of alkyl halides is 1. The molecule has 0 bridgehead atoms. The summed E-state index contributed by atoms with van der Waals surface area (Å²) in [4.78, 5) is 123. The minimum absolute atomic E-state index is 0.00312. The molecule has 5 heterocycles. The lowest BCUT2D eigenvalue weighted by Crippen LogP contribution is -2.54. The number of piperazine rings is 1. The number of primary amides is 2. The van der Waals surface area contributed by atoms with Crippen molar-refractivity contribution in [2.24, 2.45) is 17.4 Å². The topological polar surface area (TPSA) is 304 Å². The Morgan fingerprint density at radius 2 is 1.55 bits per heavy atom. The smallest absolute Gasteiger partial charge is 0.409 e. The first-order chi connectivity index (χ1) is 37.4. The number of carbonyl (C=O) groups excluding carboxylic acids is 9. The van der Waals surface area contributed by atoms with E-state index in [1.807, 2.05) is 69.4 Å². The van der Waals surface area contributed by atoms with Crippen LogP contribution >= 0.6 is 15.9 Å². The van der Waals surface area contributed by atoms with Gasteiger partial charge in [0.15, 0.2) is 0 Å². The van der Waals surface area contributed by atoms with Crippen LogP contribution in [0.15, 0.2) is 60.7 Å². The molecule has 9 N–H and O–H groups in total. The second-order valence-corrected chi connectivity index (χ2v) is 20.5. The predicted molar refractivity (Wildman–Crippen MR) is 296 cm³/mol. The predicted octanol–water partition coefficient (Wildman–Crippen LogP) is 2.58. The van der Waals surface area contributed by atoms with E-state index in [4.69, 9.17) is 20.9 Å². The molecular formula is C54H69BrN12O11. The maximum atomic E-state index is 14.6. The zero-order valence-corrected chi connectivity index (χ0v) is 45.9. The maximum absolute atomic E-state index is 14.6. The molecule has 418 valence electrons. The monoisotopic (exact) mass is 1140 g/mol. The standard InChI is InChI=1S/C42H52BrN9O6.C12H17N3O5/c1-24(2)37(45-3)38(53)48-31(10-7-14-46-41(44)56)39(54)51-15-13-26-29-20-32(47-30(29)11-12-33(26)51)40(55)52-23-25(22-43)36-28-9-6-5-8-27(28)35(21-34(36)52)58-42(57)50-18-16-49(4)17-19-50;13-9(16)4-7-20-8-5-14-10(17)3-6-15-11(18)1-2-12(15)19/h5-6,8-9,11-12,20-21,24-25,31,37,45,47H,7,10,13-19,22-23H2,1-4H3,(H,48,53)(H3,44,46,56);1-2H,3-8H2,(H2,13,16)(H,14,17)/t25-,31+,37+;/m1./s1. The Morgan fingerprint density at radius 3 is 2.22 bits per heavy atom. The number of ether oxygens (including phenoxy) is 2. The molecule has 4 aliphatic heterocycles. The number of aromatic amines is 1. The summed E-state index contributed by atoms with van der Waals surface area (Å²) in [6, 6.07) is 13.3. The Kier molecular flexibility index (Phi) is 20.0. The van der Waals surface area contributed by atoms with Gasteiger partial charge < -0.3 is 66.8 Å². The molecule has 1 saturated heterocycles. The summed E-state index contributed by atoms with van der Waals surface area (Å²) in [5.74, 6) is -1.87. The Balaban J connectivity index is 0.000000372. The third-order valence-electron chi connectivity index (χ3n) is 14.1. The molecule has 78 heavy (non-hydrogen) atoms. The highest BCUT2D eigenvalue weighted by Gasteiger charge is 2.38. The highest BCUT2D eigenvalue weighted by molar-refractivity contribution is 9.09. The number of fused-ring (bicyclic) bond motifs is 6. The zero-order valence-electron chi connectivity index (χ0n) is 44.4. The SMILES string of the molecule is CN[C@H](C(=O)N[C@@H](CCCNC(N)=O)C(=O)N1CCc2c1ccc1[nH]c(C(=O)N3C[C@@H](CBr)c4c3cc(OC(=O)N3CCN(C)CC3)c3ccccc43)cc21)C(C)C.NC(=O)CCOCCNC(=O)CCN1C(=O)C=CC1=O. The van der Waals surface area contributed by atoms with Gasteiger partial charge in [0.1, 0.15) is 17.5 Å². The van der Waals surface area contributed by atoms with E-state index in [-0.39, 0.29) is 81.2 Å². The number of amides is 10. The molecule has 0 radical (unpaired) electrons. The van der Waals surface area contributed by atoms with Crippen LogP contribution in [0.2, 0.25) is 0 Å². The number of urea groups is 1. The lowest BCUT2D eigenvalue weighted by atomic mass is 9.95. The van der Waals surface area contributed by atoms with Crippen molar-refractivity contribution in [3.63, 3.8) is 0 Å². The van der Waals surface area contributed by atoms with Gasteiger partial charge in [-0.3, -0.25) is 38.5 Å². The number of nitrogens with zero attached hydrogens (tertiary/aromatic N) is 5. The second kappa shape index (κ2) is 26.8. The third-order valence-corrected chi connectivity index (χ3v) is 14.9. The number of benzene rings is 3. The number of halogens is 1. The molecule has 8 rings (SSSR count). The molecule has 0 saturated carbocycles. The van der Waals surface area contributed by atoms with E-state index in [0.29, 0.717) is 67.9 Å². The zero-order chi connectivity index (χ0) is 56.2. The lowest BCUT2D eigenvalue weighted by Gasteiger charge is -2.31. The maximum Gasteiger partial charge on any atom is 0.415 e. The summed E-state index contributed by atoms with van der Waals surface area (Å²) in [5.41, 5.74) is 14.7. The molecule has 23 nitrogen and oxygen atoms in total. The summed E-state index contributed by atoms with van der Waals surface area (Å²) in [6.45, 7) is 8.48. The molecular weight excluding hydrogens is 1070 g/mol. The van der Waals surface area contributed by atoms with E-state index >= 15 is 0 Å². The fraction of sp³-hybridized carbons (Fsp3) is 0.463. The van der Waals surface area contributed by atoms with Gasteiger partial charge in [0.25, 0.3) is 17.7 Å². The van der Waals surface area contributed by atoms with Crippen molar-refractivity contribution in [2.45, 2.75) is 64.0 Å². The van der Waals surface area contributed by atoms with Gasteiger partial charge in [-0.15, -0.1) is 0 Å². The Morgan fingerprint density at radius 1 is 0.833 bits per heavy atom. The van der Waals surface area contributed by atoms with E-state index in [1.54, 1.807) is 21.7 Å². The first-order valence-corrected chi connectivity index (χ1v) is 27.2. The van der Waals surface area contributed by atoms with Crippen LogP contribution in [0.25, 0.3) is 21.7 Å². The van der Waals surface area contributed by atoms with Gasteiger partial charge in [-0.2, -0.15) is 0 Å². The van der Waals surface area contributed by atoms with E-state index < -0.39 is 41.9 Å². The number of likely N-dealkylation sites (N-methyl/N-ethyl adjacent to an activating group) is 2. The highest BCUT2D eigenvalue weighted by Crippen LogP contribution is 2.46. The van der Waals surface area contributed by atoms with Gasteiger partial charge >= 0.3 is 12.1 Å². The van der Waals surface area contributed by atoms with Gasteiger partial charge in [-0.1, -0.05) is 54.0 Å². The van der Waals surface area contributed by atoms with E-state index in [2.05, 4.69) is 47.1 Å². The number of nitrogens with one attached hydrogen (secondary N) is 5. The lowest BCUT2D eigenvalue weighted by molar-refractivity contribution is -0.137. The van der Waals surface area contributed by atoms with Crippen LogP contribution in [0.1, 0.15) is 67.1 Å². The van der Waals surface area contributed by atoms with Gasteiger partial charge in [0, 0.05) is 123 Å². The molecule has 24 heteroatoms. The molecule has 3 atom stereocenters. The molecule has 10 amide bonds. The molecule has 4 aromatic rings. The summed E-state index contributed by atoms with van der Waals surface area (Å²) >= 11 is 3.70. The fourth-order valence-corrected chi connectivity index (χ4v) is 10.6. The van der Waals surface area contributed by atoms with Crippen molar-refractivity contribution in [1.29, 1.82) is 0 Å². The van der Waals surface area contributed by atoms with Crippen molar-refractivity contribution in [2.75, 3.05) is 101 Å². The number of nitrogens with two attached hydrogens (primary N) is 2. The minimum atomic E-state index is -0.832. The number of aromatic nitrogens is 1. The van der Waals surface area contributed by atoms with Crippen molar-refractivity contribution >= 4 is 102 Å². The number of H-pyrrole nitrogens is 1. The van der Waals surface area contributed by atoms with Crippen molar-refractivity contribution in [3.05, 3.63) is 77.5 Å². The first-order valence-electron chi connectivity index (χ1n) is 26.1. The van der Waals surface area contributed by atoms with Crippen LogP contribution in [0, 0.1) is 5.92 Å². The van der Waals surface area contributed by atoms with Crippen LogP contribution in [0.4, 0.5) is 21.0 Å². The van der Waals surface area contributed by atoms with Crippen molar-refractivity contribution < 1.29 is 52.6 Å². The Hall–Kier alpha value is -7.41. The average molecular weight is 1140 g/mol. The number of imide groups is 1. The Labute approximate surface area is 460 Å². The number of carbonyl (C=O) groups is 9. The number of rotatable bonds is 21. The normalized spacial score (nSPS) is 16.7. The molecule has 0 unspecified atom stereocenters. The quantitative estimate of drug-likeness (QED) is 0.0359. The molecule has 4 aliphatic rings. The molecule has 0 spiro atoms. The molecule has 3 aromatic carbocycles. The van der Waals surface area contributed by atoms with Crippen LogP contribution in [0.5, 0.6) is 5.75 Å². The van der Waals surface area contributed by atoms with Crippen molar-refractivity contribution in [1.82, 2.24) is 41.0 Å². The van der Waals surface area contributed by atoms with E-state index in [1.165, 1.54) is 12.2 Å². The van der Waals surface area contributed by atoms with Gasteiger partial charge in [0.05, 0.1) is 24.9 Å². The molecule has 1 fully saturated rings. The Bertz CT molecular complexity index is 2940. The largest absolute Gasteiger partial charge is 0.415 e. The summed E-state index contributed by atoms with van der Waals surface area (Å²) in [5, 5.41) is 14.4. The van der Waals surface area contributed by atoms with Crippen LogP contribution < -0.4 is 47.3 Å². The summed E-state index contributed by atoms with van der Waals surface area (Å²) < 4.78 is 11.2. The average Bonchev–Trinajstić information content (AvgIpc) is 4.31. The number of hydrogen-bond acceptors (Lipinski definition) is 13. The van der Waals surface area contributed by atoms with Gasteiger partial charge in [-0.05, 0) is 74.0 Å². The number of hydrogen-bond donors (Lipinski definition) is 7.